The molecule has 0 spiro atoms. The van der Waals surface area contributed by atoms with Gasteiger partial charge in [-0.3, -0.25) is 0 Å². The van der Waals surface area contributed by atoms with E-state index in [1.54, 1.807) is 0 Å². The van der Waals surface area contributed by atoms with Gasteiger partial charge in [-0.1, -0.05) is 39.0 Å². The van der Waals surface area contributed by atoms with E-state index in [0.29, 0.717) is 24.1 Å². The molecule has 0 radical (unpaired) electrons. The number of hydrogen-bond acceptors (Lipinski definition) is 7. The van der Waals surface area contributed by atoms with Crippen LogP contribution in [0.3, 0.4) is 0 Å². The minimum atomic E-state index is -8.64. The highest BCUT2D eigenvalue weighted by Crippen LogP contribution is 2.59. The maximum atomic E-state index is 14.3. The summed E-state index contributed by atoms with van der Waals surface area (Å²) in [5, 5.41) is 0. The number of halogens is 25. The lowest BCUT2D eigenvalue weighted by atomic mass is 9.98. The van der Waals surface area contributed by atoms with E-state index in [-0.39, 0.29) is 11.4 Å². The Morgan fingerprint density at radius 2 is 0.810 bits per heavy atom. The zero-order valence-corrected chi connectivity index (χ0v) is 30.5. The lowest BCUT2D eigenvalue weighted by Crippen LogP contribution is -2.70. The van der Waals surface area contributed by atoms with Crippen LogP contribution in [0.1, 0.15) is 51.0 Å². The van der Waals surface area contributed by atoms with E-state index in [9.17, 15) is 110 Å². The van der Waals surface area contributed by atoms with E-state index in [1.165, 1.54) is 31.3 Å². The second kappa shape index (κ2) is 18.6. The first-order valence-electron chi connectivity index (χ1n) is 16.6. The van der Waals surface area contributed by atoms with Crippen molar-refractivity contribution in [2.45, 2.75) is 125 Å². The first kappa shape index (κ1) is 55.3. The van der Waals surface area contributed by atoms with Gasteiger partial charge < -0.3 is 4.74 Å². The van der Waals surface area contributed by atoms with Crippen molar-refractivity contribution in [2.75, 3.05) is 6.61 Å². The Balaban J connectivity index is 2.22. The predicted octanol–water partition coefficient (Wildman–Crippen LogP) is 12.7. The van der Waals surface area contributed by atoms with Gasteiger partial charge in [0, 0.05) is 18.0 Å². The smallest absolute Gasteiger partial charge is 0.487 e. The van der Waals surface area contributed by atoms with Crippen molar-refractivity contribution in [2.24, 2.45) is 0 Å². The molecule has 0 fully saturated rings. The van der Waals surface area contributed by atoms with Gasteiger partial charge in [0.1, 0.15) is 5.75 Å². The molecule has 7 nitrogen and oxygen atoms in total. The van der Waals surface area contributed by atoms with Crippen molar-refractivity contribution in [3.63, 3.8) is 0 Å². The van der Waals surface area contributed by atoms with Crippen LogP contribution in [0, 0.1) is 0 Å². The average molecular weight is 981 g/mol. The standard InChI is InChI=1S/C31H25F25N2O5/c1-2-3-4-5-6-7-8-16-13-57-19(58-14-16)17-9-11-18(12-10-17)59-15-20(32,33)21(34,35)22(36,37)23(38,39)24(40,41)60-25(42,43)26(44,45)61-27(46,47)28(48,49)62-29(50,51)30(52,53)63-31(54,55)56/h9-14H,2-8,15H2,1H3. The zero-order valence-electron chi connectivity index (χ0n) is 30.5. The molecule has 0 amide bonds. The maximum absolute atomic E-state index is 14.3. The minimum Gasteiger partial charge on any atom is -0.487 e. The topological polar surface area (TPSA) is 71.9 Å². The first-order chi connectivity index (χ1) is 28.1. The molecule has 0 aliphatic rings. The van der Waals surface area contributed by atoms with Gasteiger partial charge in [0.25, 0.3) is 0 Å². The van der Waals surface area contributed by atoms with E-state index < -0.39 is 85.2 Å². The fraction of sp³-hybridized carbons (Fsp3) is 0.677. The number of aromatic nitrogens is 2. The third-order valence-electron chi connectivity index (χ3n) is 7.70. The fourth-order valence-corrected chi connectivity index (χ4v) is 4.37. The average Bonchev–Trinajstić information content (AvgIpc) is 3.10. The van der Waals surface area contributed by atoms with E-state index in [2.05, 4.69) is 14.7 Å². The number of ether oxygens (including phenoxy) is 5. The van der Waals surface area contributed by atoms with Crippen molar-refractivity contribution in [3.8, 4) is 17.1 Å². The van der Waals surface area contributed by atoms with Crippen LogP contribution < -0.4 is 4.74 Å². The molecule has 0 atom stereocenters. The van der Waals surface area contributed by atoms with Crippen LogP contribution in [-0.2, 0) is 25.4 Å². The van der Waals surface area contributed by atoms with Crippen molar-refractivity contribution in [1.82, 2.24) is 9.97 Å². The van der Waals surface area contributed by atoms with Crippen LogP contribution in [0.2, 0.25) is 0 Å². The third-order valence-corrected chi connectivity index (χ3v) is 7.70. The monoisotopic (exact) mass is 980 g/mol. The van der Waals surface area contributed by atoms with E-state index in [0.717, 1.165) is 50.7 Å². The molecule has 0 unspecified atom stereocenters. The van der Waals surface area contributed by atoms with Crippen molar-refractivity contribution < 1.29 is 133 Å². The second-order valence-electron chi connectivity index (χ2n) is 12.6. The van der Waals surface area contributed by atoms with Gasteiger partial charge in [-0.2, -0.15) is 96.6 Å². The molecule has 1 aromatic carbocycles. The molecule has 2 aromatic rings. The summed E-state index contributed by atoms with van der Waals surface area (Å²) in [5.41, 5.74) is 0.773. The van der Waals surface area contributed by atoms with Crippen LogP contribution in [0.15, 0.2) is 36.7 Å². The molecule has 0 N–H and O–H groups in total. The zero-order chi connectivity index (χ0) is 49.2. The minimum absolute atomic E-state index is 0.0310. The lowest BCUT2D eigenvalue weighted by molar-refractivity contribution is -0.585. The molecule has 0 saturated carbocycles. The molecule has 0 aliphatic heterocycles. The number of aryl methyl sites for hydroxylation is 1. The summed E-state index contributed by atoms with van der Waals surface area (Å²) in [4.78, 5) is 8.08. The summed E-state index contributed by atoms with van der Waals surface area (Å²) in [6.07, 6.45) is -54.3. The Kier molecular flexibility index (Phi) is 16.3. The Hall–Kier alpha value is -3.81. The lowest BCUT2D eigenvalue weighted by Gasteiger charge is -2.40. The van der Waals surface area contributed by atoms with Crippen LogP contribution in [-0.4, -0.2) is 89.4 Å². The third kappa shape index (κ3) is 12.5. The van der Waals surface area contributed by atoms with Crippen molar-refractivity contribution >= 4 is 0 Å². The molecule has 0 saturated heterocycles. The molecule has 0 bridgehead atoms. The second-order valence-corrected chi connectivity index (χ2v) is 12.6. The molecule has 0 aliphatic carbocycles. The molecule has 364 valence electrons. The van der Waals surface area contributed by atoms with Crippen LogP contribution in [0.25, 0.3) is 11.4 Å². The van der Waals surface area contributed by atoms with Gasteiger partial charge in [-0.15, -0.1) is 13.2 Å². The highest BCUT2D eigenvalue weighted by Gasteiger charge is 2.89. The van der Waals surface area contributed by atoms with Crippen LogP contribution in [0.5, 0.6) is 5.75 Å². The van der Waals surface area contributed by atoms with Gasteiger partial charge in [0.05, 0.1) is 0 Å². The Bertz CT molecular complexity index is 1770. The van der Waals surface area contributed by atoms with Crippen LogP contribution >= 0.6 is 0 Å². The summed E-state index contributed by atoms with van der Waals surface area (Å²) in [6.45, 7) is -1.13. The molecule has 2 rings (SSSR count). The normalized spacial score (nSPS) is 15.0. The summed E-state index contributed by atoms with van der Waals surface area (Å²) in [7, 11) is 0. The number of nitrogens with zero attached hydrogens (tertiary/aromatic N) is 2. The quantitative estimate of drug-likeness (QED) is 0.0725. The summed E-state index contributed by atoms with van der Waals surface area (Å²) in [5.74, 6) is -32.9. The van der Waals surface area contributed by atoms with Gasteiger partial charge in [0.2, 0.25) is 0 Å². The molecule has 32 heteroatoms. The predicted molar refractivity (Wildman–Crippen MR) is 155 cm³/mol. The fourth-order valence-electron chi connectivity index (χ4n) is 4.37. The maximum Gasteiger partial charge on any atom is 0.527 e. The summed E-state index contributed by atoms with van der Waals surface area (Å²) >= 11 is 0. The number of hydrogen-bond donors (Lipinski definition) is 0. The number of alkyl halides is 25. The van der Waals surface area contributed by atoms with E-state index >= 15 is 0 Å². The Morgan fingerprint density at radius 1 is 0.429 bits per heavy atom. The summed E-state index contributed by atoms with van der Waals surface area (Å²) < 4.78 is 347. The van der Waals surface area contributed by atoms with Crippen LogP contribution in [0.4, 0.5) is 110 Å². The van der Waals surface area contributed by atoms with Crippen molar-refractivity contribution in [3.05, 3.63) is 42.2 Å². The van der Waals surface area contributed by atoms with Gasteiger partial charge in [-0.05, 0) is 42.7 Å². The van der Waals surface area contributed by atoms with Gasteiger partial charge in [0.15, 0.2) is 12.4 Å². The van der Waals surface area contributed by atoms with Gasteiger partial charge in [-0.25, -0.2) is 28.9 Å². The van der Waals surface area contributed by atoms with Crippen molar-refractivity contribution in [1.29, 1.82) is 0 Å². The van der Waals surface area contributed by atoms with Gasteiger partial charge >= 0.3 is 72.8 Å². The number of unbranched alkanes of at least 4 members (excludes halogenated alkanes) is 5. The van der Waals surface area contributed by atoms with E-state index in [4.69, 9.17) is 0 Å². The Morgan fingerprint density at radius 3 is 1.22 bits per heavy atom. The molecular formula is C31H25F25N2O5. The SMILES string of the molecule is CCCCCCCCc1cnc(-c2ccc(OCC(F)(F)C(F)(F)C(F)(F)C(F)(F)C(F)(F)OC(F)(F)C(F)(F)OC(F)(F)C(F)(F)OC(F)(F)C(F)(F)OC(F)(F)F)cc2)nc1. The van der Waals surface area contributed by atoms with E-state index in [1.807, 2.05) is 6.92 Å². The summed E-state index contributed by atoms with van der Waals surface area (Å²) in [6, 6.07) is 3.18. The number of rotatable bonds is 25. The number of benzene rings is 1. The molecular weight excluding hydrogens is 955 g/mol. The largest absolute Gasteiger partial charge is 0.527 e. The molecule has 1 heterocycles. The molecule has 63 heavy (non-hydrogen) atoms. The highest BCUT2D eigenvalue weighted by molar-refractivity contribution is 5.55. The Labute approximate surface area is 334 Å². The first-order valence-corrected chi connectivity index (χ1v) is 16.6. The highest BCUT2D eigenvalue weighted by atomic mass is 19.4. The molecule has 1 aromatic heterocycles.